The van der Waals surface area contributed by atoms with Crippen molar-refractivity contribution in [3.05, 3.63) is 70.8 Å². The molecule has 0 bridgehead atoms. The summed E-state index contributed by atoms with van der Waals surface area (Å²) in [5.41, 5.74) is 9.87. The number of ether oxygens (including phenoxy) is 3. The third-order valence-corrected chi connectivity index (χ3v) is 6.40. The van der Waals surface area contributed by atoms with E-state index < -0.39 is 6.29 Å². The van der Waals surface area contributed by atoms with E-state index in [0.29, 0.717) is 12.6 Å². The molecule has 2 aromatic carbocycles. The van der Waals surface area contributed by atoms with Crippen LogP contribution in [0.2, 0.25) is 0 Å². The minimum Gasteiger partial charge on any atom is -0.392 e. The number of aliphatic hydroxyl groups excluding tert-OH is 1. The Morgan fingerprint density at radius 2 is 1.74 bits per heavy atom. The van der Waals surface area contributed by atoms with Crippen molar-refractivity contribution in [2.24, 2.45) is 5.73 Å². The first-order valence-electron chi connectivity index (χ1n) is 11.2. The van der Waals surface area contributed by atoms with Crippen molar-refractivity contribution in [2.45, 2.75) is 57.0 Å². The van der Waals surface area contributed by atoms with Crippen LogP contribution >= 0.6 is 0 Å². The SMILES string of the molecule is COC[C@@H]1CCCN1C[C@H]1C[C@@H](c2ccc(CO)cc2)O[C@@H](c2ccc(CN)cc2)O1. The zero-order valence-electron chi connectivity index (χ0n) is 18.3. The van der Waals surface area contributed by atoms with Gasteiger partial charge in [-0.15, -0.1) is 0 Å². The van der Waals surface area contributed by atoms with Crippen LogP contribution in [0.5, 0.6) is 0 Å². The second-order valence-electron chi connectivity index (χ2n) is 8.54. The minimum atomic E-state index is -0.420. The Labute approximate surface area is 184 Å². The Hall–Kier alpha value is -1.80. The number of likely N-dealkylation sites (tertiary alicyclic amines) is 1. The van der Waals surface area contributed by atoms with Gasteiger partial charge in [0.15, 0.2) is 6.29 Å². The molecule has 6 nitrogen and oxygen atoms in total. The zero-order valence-corrected chi connectivity index (χ0v) is 18.3. The van der Waals surface area contributed by atoms with Crippen LogP contribution in [-0.4, -0.2) is 49.0 Å². The van der Waals surface area contributed by atoms with Crippen molar-refractivity contribution >= 4 is 0 Å². The van der Waals surface area contributed by atoms with Crippen LogP contribution in [0.1, 0.15) is 53.9 Å². The minimum absolute atomic E-state index is 0.0451. The van der Waals surface area contributed by atoms with E-state index in [4.69, 9.17) is 19.9 Å². The zero-order chi connectivity index (χ0) is 21.6. The fourth-order valence-electron chi connectivity index (χ4n) is 4.62. The van der Waals surface area contributed by atoms with Gasteiger partial charge in [-0.3, -0.25) is 4.90 Å². The molecule has 0 saturated carbocycles. The lowest BCUT2D eigenvalue weighted by molar-refractivity contribution is -0.253. The van der Waals surface area contributed by atoms with Gasteiger partial charge in [-0.2, -0.15) is 0 Å². The molecule has 0 unspecified atom stereocenters. The molecule has 2 heterocycles. The molecule has 0 aromatic heterocycles. The van der Waals surface area contributed by atoms with Crippen molar-refractivity contribution in [3.63, 3.8) is 0 Å². The number of hydrogen-bond donors (Lipinski definition) is 2. The van der Waals surface area contributed by atoms with Crippen molar-refractivity contribution < 1.29 is 19.3 Å². The molecule has 0 aliphatic carbocycles. The van der Waals surface area contributed by atoms with Gasteiger partial charge in [0, 0.05) is 38.2 Å². The first kappa shape index (κ1) is 22.4. The Kier molecular flexibility index (Phi) is 7.72. The molecule has 2 aliphatic rings. The van der Waals surface area contributed by atoms with Crippen molar-refractivity contribution in [2.75, 3.05) is 26.8 Å². The van der Waals surface area contributed by atoms with Crippen LogP contribution in [0.15, 0.2) is 48.5 Å². The van der Waals surface area contributed by atoms with Crippen LogP contribution < -0.4 is 5.73 Å². The summed E-state index contributed by atoms with van der Waals surface area (Å²) < 4.78 is 18.3. The lowest BCUT2D eigenvalue weighted by atomic mass is 9.99. The van der Waals surface area contributed by atoms with Gasteiger partial charge < -0.3 is 25.1 Å². The van der Waals surface area contributed by atoms with Gasteiger partial charge >= 0.3 is 0 Å². The van der Waals surface area contributed by atoms with E-state index >= 15 is 0 Å². The topological polar surface area (TPSA) is 77.2 Å². The highest BCUT2D eigenvalue weighted by Crippen LogP contribution is 2.38. The second kappa shape index (κ2) is 10.7. The first-order valence-corrected chi connectivity index (χ1v) is 11.2. The predicted octanol–water partition coefficient (Wildman–Crippen LogP) is 3.29. The quantitative estimate of drug-likeness (QED) is 0.675. The monoisotopic (exact) mass is 426 g/mol. The van der Waals surface area contributed by atoms with Gasteiger partial charge in [0.2, 0.25) is 0 Å². The summed E-state index contributed by atoms with van der Waals surface area (Å²) in [6, 6.07) is 16.6. The molecule has 4 rings (SSSR count). The first-order chi connectivity index (χ1) is 15.2. The van der Waals surface area contributed by atoms with E-state index in [1.54, 1.807) is 7.11 Å². The lowest BCUT2D eigenvalue weighted by Gasteiger charge is -2.38. The van der Waals surface area contributed by atoms with Crippen LogP contribution in [0, 0.1) is 0 Å². The van der Waals surface area contributed by atoms with E-state index in [0.717, 1.165) is 48.4 Å². The van der Waals surface area contributed by atoms with Crippen molar-refractivity contribution in [1.82, 2.24) is 4.90 Å². The number of hydrogen-bond acceptors (Lipinski definition) is 6. The molecule has 2 aromatic rings. The Balaban J connectivity index is 1.53. The summed E-state index contributed by atoms with van der Waals surface area (Å²) in [6.45, 7) is 3.29. The van der Waals surface area contributed by atoms with Crippen LogP contribution in [-0.2, 0) is 27.4 Å². The van der Waals surface area contributed by atoms with Gasteiger partial charge in [0.25, 0.3) is 0 Å². The normalized spacial score (nSPS) is 26.9. The highest BCUT2D eigenvalue weighted by Gasteiger charge is 2.35. The number of rotatable bonds is 8. The molecule has 0 amide bonds. The predicted molar refractivity (Wildman–Crippen MR) is 119 cm³/mol. The van der Waals surface area contributed by atoms with Gasteiger partial charge in [0.05, 0.1) is 25.4 Å². The molecule has 31 heavy (non-hydrogen) atoms. The molecule has 0 radical (unpaired) electrons. The number of methoxy groups -OCH3 is 1. The average Bonchev–Trinajstić information content (AvgIpc) is 3.25. The Morgan fingerprint density at radius 3 is 2.42 bits per heavy atom. The summed E-state index contributed by atoms with van der Waals surface area (Å²) >= 11 is 0. The van der Waals surface area contributed by atoms with Gasteiger partial charge in [0.1, 0.15) is 0 Å². The lowest BCUT2D eigenvalue weighted by Crippen LogP contribution is -2.42. The summed E-state index contributed by atoms with van der Waals surface area (Å²) in [7, 11) is 1.77. The number of benzene rings is 2. The molecule has 168 valence electrons. The molecular weight excluding hydrogens is 392 g/mol. The fraction of sp³-hybridized carbons (Fsp3) is 0.520. The number of nitrogens with two attached hydrogens (primary N) is 1. The highest BCUT2D eigenvalue weighted by molar-refractivity contribution is 5.26. The third kappa shape index (κ3) is 5.52. The molecule has 2 fully saturated rings. The molecule has 2 aliphatic heterocycles. The Bertz CT molecular complexity index is 756. The summed E-state index contributed by atoms with van der Waals surface area (Å²) in [6.07, 6.45) is 2.76. The largest absolute Gasteiger partial charge is 0.392 e. The standard InChI is InChI=1S/C25H34N2O4/c1-29-17-22-3-2-12-27(22)15-23-13-24(20-8-6-19(16-28)7-9-20)31-25(30-23)21-10-4-18(14-26)5-11-21/h4-11,22-25,28H,2-3,12-17,26H2,1H3/t22-,23+,24-,25-/m0/s1. The Morgan fingerprint density at radius 1 is 1.03 bits per heavy atom. The maximum Gasteiger partial charge on any atom is 0.184 e. The van der Waals surface area contributed by atoms with E-state index in [9.17, 15) is 5.11 Å². The highest BCUT2D eigenvalue weighted by atomic mass is 16.7. The van der Waals surface area contributed by atoms with Gasteiger partial charge in [-0.25, -0.2) is 0 Å². The number of aliphatic hydroxyl groups is 1. The fourth-order valence-corrected chi connectivity index (χ4v) is 4.62. The van der Waals surface area contributed by atoms with E-state index in [1.165, 1.54) is 12.8 Å². The van der Waals surface area contributed by atoms with E-state index in [-0.39, 0.29) is 18.8 Å². The number of nitrogens with zero attached hydrogens (tertiary/aromatic N) is 1. The van der Waals surface area contributed by atoms with Crippen molar-refractivity contribution in [1.29, 1.82) is 0 Å². The molecule has 0 spiro atoms. The summed E-state index contributed by atoms with van der Waals surface area (Å²) in [5, 5.41) is 9.37. The third-order valence-electron chi connectivity index (χ3n) is 6.40. The van der Waals surface area contributed by atoms with Crippen LogP contribution in [0.3, 0.4) is 0 Å². The molecule has 2 saturated heterocycles. The van der Waals surface area contributed by atoms with Crippen molar-refractivity contribution in [3.8, 4) is 0 Å². The maximum absolute atomic E-state index is 9.37. The summed E-state index contributed by atoms with van der Waals surface area (Å²) in [4.78, 5) is 2.50. The van der Waals surface area contributed by atoms with Crippen LogP contribution in [0.25, 0.3) is 0 Å². The van der Waals surface area contributed by atoms with Gasteiger partial charge in [-0.05, 0) is 36.1 Å². The smallest absolute Gasteiger partial charge is 0.184 e. The summed E-state index contributed by atoms with van der Waals surface area (Å²) in [5.74, 6) is 0. The molecule has 4 atom stereocenters. The molecular formula is C25H34N2O4. The van der Waals surface area contributed by atoms with Crippen LogP contribution in [0.4, 0.5) is 0 Å². The average molecular weight is 427 g/mol. The van der Waals surface area contributed by atoms with Gasteiger partial charge in [-0.1, -0.05) is 48.5 Å². The van der Waals surface area contributed by atoms with E-state index in [2.05, 4.69) is 17.0 Å². The maximum atomic E-state index is 9.37. The van der Waals surface area contributed by atoms with E-state index in [1.807, 2.05) is 36.4 Å². The second-order valence-corrected chi connectivity index (χ2v) is 8.54. The molecule has 3 N–H and O–H groups in total. The molecule has 6 heteroatoms.